The van der Waals surface area contributed by atoms with Crippen molar-refractivity contribution >= 4 is 17.7 Å². The van der Waals surface area contributed by atoms with Crippen LogP contribution in [0, 0.1) is 0 Å². The van der Waals surface area contributed by atoms with Gasteiger partial charge in [-0.25, -0.2) is 9.69 Å². The Morgan fingerprint density at radius 3 is 2.27 bits per heavy atom. The van der Waals surface area contributed by atoms with Crippen LogP contribution >= 0.6 is 0 Å². The molecule has 2 aromatic carbocycles. The fourth-order valence-corrected chi connectivity index (χ4v) is 4.55. The lowest BCUT2D eigenvalue weighted by Crippen LogP contribution is -2.42. The van der Waals surface area contributed by atoms with E-state index in [1.165, 1.54) is 16.0 Å². The molecular formula is C28H34N2O3. The van der Waals surface area contributed by atoms with Crippen LogP contribution in [-0.2, 0) is 21.4 Å². The molecule has 2 amide bonds. The Balaban J connectivity index is 1.69. The Labute approximate surface area is 197 Å². The van der Waals surface area contributed by atoms with E-state index in [1.54, 1.807) is 20.8 Å². The predicted octanol–water partition coefficient (Wildman–Crippen LogP) is 5.79. The molecule has 0 bridgehead atoms. The van der Waals surface area contributed by atoms with Gasteiger partial charge >= 0.3 is 6.09 Å². The number of nitrogens with zero attached hydrogens (tertiary/aromatic N) is 2. The quantitative estimate of drug-likeness (QED) is 0.586. The average Bonchev–Trinajstić information content (AvgIpc) is 3.12. The van der Waals surface area contributed by atoms with Crippen molar-refractivity contribution in [2.24, 2.45) is 0 Å². The number of benzene rings is 2. The van der Waals surface area contributed by atoms with Gasteiger partial charge in [-0.2, -0.15) is 0 Å². The van der Waals surface area contributed by atoms with E-state index in [-0.39, 0.29) is 23.9 Å². The normalized spacial score (nSPS) is 18.8. The highest BCUT2D eigenvalue weighted by Crippen LogP contribution is 2.41. The maximum absolute atomic E-state index is 13.4. The van der Waals surface area contributed by atoms with Gasteiger partial charge in [-0.1, -0.05) is 63.2 Å². The average molecular weight is 447 g/mol. The SMILES string of the molecule is CC(C)(C)OC(=O)N1CC=C([C@@H]2c3ccccc3CCN2c2ccc(C(C)(C)C)cc2)C1=O. The van der Waals surface area contributed by atoms with E-state index >= 15 is 0 Å². The highest BCUT2D eigenvalue weighted by atomic mass is 16.6. The zero-order chi connectivity index (χ0) is 24.0. The van der Waals surface area contributed by atoms with Gasteiger partial charge in [0.1, 0.15) is 5.60 Å². The molecule has 0 N–H and O–H groups in total. The Bertz CT molecular complexity index is 1090. The molecule has 0 spiro atoms. The number of ether oxygens (including phenoxy) is 1. The van der Waals surface area contributed by atoms with Crippen molar-refractivity contribution in [3.63, 3.8) is 0 Å². The largest absolute Gasteiger partial charge is 0.443 e. The zero-order valence-corrected chi connectivity index (χ0v) is 20.5. The second-order valence-electron chi connectivity index (χ2n) is 10.9. The molecule has 33 heavy (non-hydrogen) atoms. The summed E-state index contributed by atoms with van der Waals surface area (Å²) in [6.07, 6.45) is 2.20. The summed E-state index contributed by atoms with van der Waals surface area (Å²) >= 11 is 0. The van der Waals surface area contributed by atoms with Gasteiger partial charge in [0.2, 0.25) is 0 Å². The third-order valence-corrected chi connectivity index (χ3v) is 6.24. The topological polar surface area (TPSA) is 49.9 Å². The number of hydrogen-bond acceptors (Lipinski definition) is 4. The molecule has 174 valence electrons. The molecule has 2 aliphatic heterocycles. The van der Waals surface area contributed by atoms with E-state index in [1.807, 2.05) is 18.2 Å². The van der Waals surface area contributed by atoms with Crippen molar-refractivity contribution in [2.75, 3.05) is 18.0 Å². The molecule has 0 aromatic heterocycles. The first kappa shape index (κ1) is 23.1. The zero-order valence-electron chi connectivity index (χ0n) is 20.5. The van der Waals surface area contributed by atoms with Gasteiger partial charge in [0.05, 0.1) is 12.6 Å². The molecule has 2 heterocycles. The van der Waals surface area contributed by atoms with Crippen LogP contribution in [0.2, 0.25) is 0 Å². The van der Waals surface area contributed by atoms with E-state index in [0.29, 0.717) is 5.57 Å². The summed E-state index contributed by atoms with van der Waals surface area (Å²) in [5.41, 5.74) is 4.76. The maximum Gasteiger partial charge on any atom is 0.417 e. The lowest BCUT2D eigenvalue weighted by molar-refractivity contribution is -0.125. The van der Waals surface area contributed by atoms with Crippen LogP contribution in [0.15, 0.2) is 60.2 Å². The van der Waals surface area contributed by atoms with Gasteiger partial charge in [-0.15, -0.1) is 0 Å². The van der Waals surface area contributed by atoms with Crippen molar-refractivity contribution in [3.05, 3.63) is 76.9 Å². The number of imide groups is 1. The van der Waals surface area contributed by atoms with Gasteiger partial charge in [0.15, 0.2) is 0 Å². The van der Waals surface area contributed by atoms with Gasteiger partial charge in [-0.3, -0.25) is 4.79 Å². The highest BCUT2D eigenvalue weighted by molar-refractivity contribution is 6.06. The lowest BCUT2D eigenvalue weighted by atomic mass is 9.85. The van der Waals surface area contributed by atoms with Crippen LogP contribution in [0.5, 0.6) is 0 Å². The summed E-state index contributed by atoms with van der Waals surface area (Å²) in [7, 11) is 0. The number of amides is 2. The Morgan fingerprint density at radius 2 is 1.64 bits per heavy atom. The first-order chi connectivity index (χ1) is 15.5. The molecule has 5 heteroatoms. The summed E-state index contributed by atoms with van der Waals surface area (Å²) in [5.74, 6) is -0.276. The highest BCUT2D eigenvalue weighted by Gasteiger charge is 2.40. The first-order valence-corrected chi connectivity index (χ1v) is 11.7. The van der Waals surface area contributed by atoms with Gasteiger partial charge < -0.3 is 9.64 Å². The smallest absolute Gasteiger partial charge is 0.417 e. The lowest BCUT2D eigenvalue weighted by Gasteiger charge is -2.39. The number of fused-ring (bicyclic) bond motifs is 1. The fraction of sp³-hybridized carbons (Fsp3) is 0.429. The third kappa shape index (κ3) is 4.68. The molecule has 1 atom stereocenters. The molecule has 0 saturated carbocycles. The van der Waals surface area contributed by atoms with E-state index in [9.17, 15) is 9.59 Å². The second-order valence-corrected chi connectivity index (χ2v) is 10.9. The molecule has 5 nitrogen and oxygen atoms in total. The summed E-state index contributed by atoms with van der Waals surface area (Å²) < 4.78 is 5.47. The van der Waals surface area contributed by atoms with Crippen molar-refractivity contribution in [3.8, 4) is 0 Å². The molecule has 2 aromatic rings. The van der Waals surface area contributed by atoms with E-state index < -0.39 is 11.7 Å². The summed E-state index contributed by atoms with van der Waals surface area (Å²) in [6.45, 7) is 13.1. The maximum atomic E-state index is 13.4. The second kappa shape index (κ2) is 8.36. The van der Waals surface area contributed by atoms with Crippen molar-refractivity contribution in [2.45, 2.75) is 65.0 Å². The number of carbonyl (C=O) groups is 2. The Hall–Kier alpha value is -3.08. The summed E-state index contributed by atoms with van der Waals surface area (Å²) in [5, 5.41) is 0. The van der Waals surface area contributed by atoms with Crippen LogP contribution in [0.25, 0.3) is 0 Å². The molecule has 0 radical (unpaired) electrons. The monoisotopic (exact) mass is 446 g/mol. The number of hydrogen-bond donors (Lipinski definition) is 0. The van der Waals surface area contributed by atoms with Crippen molar-refractivity contribution in [1.29, 1.82) is 0 Å². The molecular weight excluding hydrogens is 412 g/mol. The number of rotatable bonds is 2. The standard InChI is InChI=1S/C28H34N2O3/c1-27(2,3)20-11-13-21(14-12-20)29-17-15-19-9-7-8-10-22(19)24(29)23-16-18-30(25(23)31)26(32)33-28(4,5)6/h7-14,16,24H,15,17-18H2,1-6H3/t24-/m0/s1. The van der Waals surface area contributed by atoms with Gasteiger partial charge in [0, 0.05) is 17.8 Å². The molecule has 0 aliphatic carbocycles. The minimum atomic E-state index is -0.654. The van der Waals surface area contributed by atoms with Gasteiger partial charge in [-0.05, 0) is 61.4 Å². The van der Waals surface area contributed by atoms with Crippen LogP contribution < -0.4 is 4.90 Å². The minimum Gasteiger partial charge on any atom is -0.443 e. The molecule has 4 rings (SSSR count). The molecule has 0 fully saturated rings. The third-order valence-electron chi connectivity index (χ3n) is 6.24. The number of carbonyl (C=O) groups excluding carboxylic acids is 2. The van der Waals surface area contributed by atoms with Crippen molar-refractivity contribution in [1.82, 2.24) is 4.90 Å². The first-order valence-electron chi connectivity index (χ1n) is 11.7. The molecule has 0 saturated heterocycles. The van der Waals surface area contributed by atoms with Gasteiger partial charge in [0.25, 0.3) is 5.91 Å². The van der Waals surface area contributed by atoms with E-state index in [0.717, 1.165) is 24.2 Å². The Kier molecular flexibility index (Phi) is 5.85. The summed E-state index contributed by atoms with van der Waals surface area (Å²) in [6, 6.07) is 16.7. The van der Waals surface area contributed by atoms with Crippen LogP contribution in [0.4, 0.5) is 10.5 Å². The van der Waals surface area contributed by atoms with E-state index in [2.05, 4.69) is 62.1 Å². The number of anilines is 1. The fourth-order valence-electron chi connectivity index (χ4n) is 4.55. The van der Waals surface area contributed by atoms with Crippen LogP contribution in [0.1, 0.15) is 64.3 Å². The molecule has 2 aliphatic rings. The predicted molar refractivity (Wildman–Crippen MR) is 131 cm³/mol. The summed E-state index contributed by atoms with van der Waals surface area (Å²) in [4.78, 5) is 29.6. The van der Waals surface area contributed by atoms with E-state index in [4.69, 9.17) is 4.74 Å². The van der Waals surface area contributed by atoms with Crippen molar-refractivity contribution < 1.29 is 14.3 Å². The Morgan fingerprint density at radius 1 is 0.970 bits per heavy atom. The molecule has 0 unspecified atom stereocenters. The van der Waals surface area contributed by atoms with Crippen LogP contribution in [-0.4, -0.2) is 35.6 Å². The van der Waals surface area contributed by atoms with Crippen LogP contribution in [0.3, 0.4) is 0 Å². The minimum absolute atomic E-state index is 0.0737.